The van der Waals surface area contributed by atoms with Gasteiger partial charge in [-0.1, -0.05) is 54.9 Å². The number of nitrogens with zero attached hydrogens (tertiary/aromatic N) is 1. The Balaban J connectivity index is 1.92. The highest BCUT2D eigenvalue weighted by molar-refractivity contribution is 7.92. The fourth-order valence-corrected chi connectivity index (χ4v) is 5.29. The van der Waals surface area contributed by atoms with Crippen molar-refractivity contribution in [3.05, 3.63) is 88.4 Å². The molecule has 8 heteroatoms. The van der Waals surface area contributed by atoms with Gasteiger partial charge in [-0.15, -0.1) is 0 Å². The maximum Gasteiger partial charge on any atom is 0.264 e. The van der Waals surface area contributed by atoms with E-state index >= 15 is 0 Å². The summed E-state index contributed by atoms with van der Waals surface area (Å²) in [5.41, 5.74) is 3.01. The normalized spacial score (nSPS) is 12.1. The van der Waals surface area contributed by atoms with Gasteiger partial charge in [-0.3, -0.25) is 9.10 Å². The molecule has 0 aliphatic rings. The summed E-state index contributed by atoms with van der Waals surface area (Å²) in [6, 6.07) is 18.4. The fourth-order valence-electron chi connectivity index (χ4n) is 3.68. The van der Waals surface area contributed by atoms with Gasteiger partial charge in [0.25, 0.3) is 10.0 Å². The molecule has 6 nitrogen and oxygen atoms in total. The molecule has 1 unspecified atom stereocenters. The van der Waals surface area contributed by atoms with E-state index in [-0.39, 0.29) is 17.5 Å². The van der Waals surface area contributed by atoms with Crippen molar-refractivity contribution in [3.63, 3.8) is 0 Å². The summed E-state index contributed by atoms with van der Waals surface area (Å²) >= 11 is 6.28. The smallest absolute Gasteiger partial charge is 0.264 e. The molecule has 1 N–H and O–H groups in total. The molecule has 0 aliphatic carbocycles. The summed E-state index contributed by atoms with van der Waals surface area (Å²) in [7, 11) is -2.39. The third kappa shape index (κ3) is 5.72. The molecule has 0 saturated carbocycles. The van der Waals surface area contributed by atoms with E-state index in [0.29, 0.717) is 17.1 Å². The van der Waals surface area contributed by atoms with Crippen molar-refractivity contribution >= 4 is 33.2 Å². The summed E-state index contributed by atoms with van der Waals surface area (Å²) in [6.45, 7) is 5.34. The Kier molecular flexibility index (Phi) is 8.23. The molecule has 0 radical (unpaired) electrons. The molecule has 180 valence electrons. The number of carbonyl (C=O) groups excluding carboxylic acids is 1. The lowest BCUT2D eigenvalue weighted by Crippen LogP contribution is -2.42. The second-order valence-electron chi connectivity index (χ2n) is 8.02. The minimum atomic E-state index is -4.00. The molecule has 3 aromatic carbocycles. The van der Waals surface area contributed by atoms with Gasteiger partial charge in [0.1, 0.15) is 12.3 Å². The lowest BCUT2D eigenvalue weighted by atomic mass is 10.0. The first-order valence-corrected chi connectivity index (χ1v) is 12.8. The predicted molar refractivity (Wildman–Crippen MR) is 136 cm³/mol. The molecule has 0 bridgehead atoms. The second kappa shape index (κ2) is 10.9. The first kappa shape index (κ1) is 25.6. The molecule has 0 heterocycles. The van der Waals surface area contributed by atoms with Gasteiger partial charge in [0, 0.05) is 5.02 Å². The van der Waals surface area contributed by atoms with E-state index in [2.05, 4.69) is 5.32 Å². The van der Waals surface area contributed by atoms with E-state index in [9.17, 15) is 13.2 Å². The van der Waals surface area contributed by atoms with E-state index in [1.54, 1.807) is 43.5 Å². The predicted octanol–water partition coefficient (Wildman–Crippen LogP) is 5.43. The first-order chi connectivity index (χ1) is 16.2. The first-order valence-electron chi connectivity index (χ1n) is 10.9. The Labute approximate surface area is 206 Å². The van der Waals surface area contributed by atoms with Crippen molar-refractivity contribution in [2.75, 3.05) is 18.0 Å². The number of hydrogen-bond acceptors (Lipinski definition) is 4. The lowest BCUT2D eigenvalue weighted by molar-refractivity contribution is -0.120. The highest BCUT2D eigenvalue weighted by atomic mass is 35.5. The second-order valence-corrected chi connectivity index (χ2v) is 10.3. The zero-order valence-corrected chi connectivity index (χ0v) is 21.3. The van der Waals surface area contributed by atoms with E-state index < -0.39 is 15.9 Å². The van der Waals surface area contributed by atoms with Crippen molar-refractivity contribution in [1.29, 1.82) is 0 Å². The van der Waals surface area contributed by atoms with Crippen LogP contribution in [0.15, 0.2) is 71.6 Å². The number of aryl methyl sites for hydroxylation is 2. The average molecular weight is 501 g/mol. The van der Waals surface area contributed by atoms with E-state index in [0.717, 1.165) is 26.7 Å². The average Bonchev–Trinajstić information content (AvgIpc) is 2.83. The van der Waals surface area contributed by atoms with Crippen LogP contribution in [0, 0.1) is 13.8 Å². The molecular weight excluding hydrogens is 472 g/mol. The summed E-state index contributed by atoms with van der Waals surface area (Å²) in [5.74, 6) is 0.345. The summed E-state index contributed by atoms with van der Waals surface area (Å²) < 4.78 is 33.4. The number of sulfonamides is 1. The Morgan fingerprint density at radius 2 is 1.74 bits per heavy atom. The van der Waals surface area contributed by atoms with Crippen LogP contribution < -0.4 is 14.4 Å². The molecule has 3 aromatic rings. The number of benzene rings is 3. The monoisotopic (exact) mass is 500 g/mol. The van der Waals surface area contributed by atoms with Gasteiger partial charge >= 0.3 is 0 Å². The molecule has 1 amide bonds. The van der Waals surface area contributed by atoms with Crippen LogP contribution in [0.4, 0.5) is 5.69 Å². The van der Waals surface area contributed by atoms with Crippen LogP contribution in [0.2, 0.25) is 5.02 Å². The molecular formula is C26H29ClN2O4S. The van der Waals surface area contributed by atoms with Gasteiger partial charge in [-0.2, -0.15) is 0 Å². The molecule has 1 atom stereocenters. The topological polar surface area (TPSA) is 75.7 Å². The minimum absolute atomic E-state index is 0.0947. The number of nitrogens with one attached hydrogen (secondary N) is 1. The summed E-state index contributed by atoms with van der Waals surface area (Å²) in [6.07, 6.45) is 0.638. The molecule has 34 heavy (non-hydrogen) atoms. The quantitative estimate of drug-likeness (QED) is 0.425. The Bertz CT molecular complexity index is 1260. The van der Waals surface area contributed by atoms with Gasteiger partial charge in [-0.05, 0) is 67.3 Å². The molecule has 0 fully saturated rings. The third-order valence-electron chi connectivity index (χ3n) is 5.63. The van der Waals surface area contributed by atoms with Crippen molar-refractivity contribution in [2.24, 2.45) is 0 Å². The number of hydrogen-bond donors (Lipinski definition) is 1. The van der Waals surface area contributed by atoms with Gasteiger partial charge in [0.15, 0.2) is 0 Å². The zero-order chi connectivity index (χ0) is 24.9. The third-order valence-corrected chi connectivity index (χ3v) is 7.82. The van der Waals surface area contributed by atoms with Crippen LogP contribution in [0.25, 0.3) is 0 Å². The molecule has 0 saturated heterocycles. The van der Waals surface area contributed by atoms with Gasteiger partial charge in [0.05, 0.1) is 23.7 Å². The van der Waals surface area contributed by atoms with Crippen LogP contribution in [0.1, 0.15) is 36.1 Å². The molecule has 0 spiro atoms. The van der Waals surface area contributed by atoms with Gasteiger partial charge in [0.2, 0.25) is 5.91 Å². The number of methoxy groups -OCH3 is 1. The van der Waals surface area contributed by atoms with Crippen LogP contribution in [-0.2, 0) is 14.8 Å². The number of anilines is 1. The maximum atomic E-state index is 13.5. The van der Waals surface area contributed by atoms with E-state index in [1.165, 1.54) is 12.1 Å². The minimum Gasteiger partial charge on any atom is -0.496 e. The molecule has 0 aliphatic heterocycles. The number of ether oxygens (including phenoxy) is 1. The highest BCUT2D eigenvalue weighted by Crippen LogP contribution is 2.29. The standard InChI is InChI=1S/C26H29ClN2O4S/c1-5-24(20-12-14-25(33-4)19(3)15-20)28-26(30)17-29(21-13-11-18(2)23(27)16-21)34(31,32)22-9-7-6-8-10-22/h6-16,24H,5,17H2,1-4H3,(H,28,30). The number of rotatable bonds is 9. The molecule has 0 aromatic heterocycles. The Morgan fingerprint density at radius 1 is 1.03 bits per heavy atom. The Hall–Kier alpha value is -3.03. The molecule has 3 rings (SSSR count). The van der Waals surface area contributed by atoms with Crippen molar-refractivity contribution < 1.29 is 17.9 Å². The summed E-state index contributed by atoms with van der Waals surface area (Å²) in [5, 5.41) is 3.40. The van der Waals surface area contributed by atoms with Crippen LogP contribution in [0.3, 0.4) is 0 Å². The summed E-state index contributed by atoms with van der Waals surface area (Å²) in [4.78, 5) is 13.2. The van der Waals surface area contributed by atoms with Crippen LogP contribution >= 0.6 is 11.6 Å². The Morgan fingerprint density at radius 3 is 2.32 bits per heavy atom. The van der Waals surface area contributed by atoms with Crippen molar-refractivity contribution in [1.82, 2.24) is 5.32 Å². The largest absolute Gasteiger partial charge is 0.496 e. The van der Waals surface area contributed by atoms with Gasteiger partial charge < -0.3 is 10.1 Å². The van der Waals surface area contributed by atoms with E-state index in [4.69, 9.17) is 16.3 Å². The number of halogens is 1. The number of amides is 1. The SMILES string of the molecule is CCC(NC(=O)CN(c1ccc(C)c(Cl)c1)S(=O)(=O)c1ccccc1)c1ccc(OC)c(C)c1. The number of carbonyl (C=O) groups is 1. The van der Waals surface area contributed by atoms with Crippen LogP contribution in [-0.4, -0.2) is 28.0 Å². The van der Waals surface area contributed by atoms with Crippen LogP contribution in [0.5, 0.6) is 5.75 Å². The van der Waals surface area contributed by atoms with Crippen molar-refractivity contribution in [3.8, 4) is 5.75 Å². The van der Waals surface area contributed by atoms with Crippen molar-refractivity contribution in [2.45, 2.75) is 38.1 Å². The van der Waals surface area contributed by atoms with Gasteiger partial charge in [-0.25, -0.2) is 8.42 Å². The van der Waals surface area contributed by atoms with E-state index in [1.807, 2.05) is 39.0 Å². The maximum absolute atomic E-state index is 13.5. The zero-order valence-electron chi connectivity index (χ0n) is 19.7. The highest BCUT2D eigenvalue weighted by Gasteiger charge is 2.28. The fraction of sp³-hybridized carbons (Fsp3) is 0.269. The lowest BCUT2D eigenvalue weighted by Gasteiger charge is -2.26.